The van der Waals surface area contributed by atoms with Crippen LogP contribution in [0.2, 0.25) is 0 Å². The molecular formula is C14H30N2OS. The number of carbonyl (C=O) groups excluding carboxylic acids is 1. The predicted molar refractivity (Wildman–Crippen MR) is 82.2 cm³/mol. The maximum Gasteiger partial charge on any atom is 0.236 e. The Morgan fingerprint density at radius 1 is 1.11 bits per heavy atom. The van der Waals surface area contributed by atoms with Crippen LogP contribution in [0.1, 0.15) is 46.5 Å². The number of hydrogen-bond donors (Lipinski definition) is 2. The number of hydrogen-bond acceptors (Lipinski definition) is 3. The Kier molecular flexibility index (Phi) is 11.7. The Morgan fingerprint density at radius 2 is 1.83 bits per heavy atom. The lowest BCUT2D eigenvalue weighted by atomic mass is 10.1. The van der Waals surface area contributed by atoms with Crippen molar-refractivity contribution in [1.82, 2.24) is 10.6 Å². The second-order valence-electron chi connectivity index (χ2n) is 5.20. The van der Waals surface area contributed by atoms with Gasteiger partial charge in [0.25, 0.3) is 0 Å². The minimum absolute atomic E-state index is 0.0716. The first-order chi connectivity index (χ1) is 8.57. The molecule has 0 fully saturated rings. The fraction of sp³-hybridized carbons (Fsp3) is 0.929. The largest absolute Gasteiger partial charge is 0.355 e. The third-order valence-corrected chi connectivity index (χ3v) is 3.59. The van der Waals surface area contributed by atoms with Crippen LogP contribution in [0, 0.1) is 5.92 Å². The van der Waals surface area contributed by atoms with E-state index in [9.17, 15) is 4.79 Å². The fourth-order valence-corrected chi connectivity index (χ4v) is 2.09. The molecule has 0 saturated carbocycles. The third-order valence-electron chi connectivity index (χ3n) is 2.89. The van der Waals surface area contributed by atoms with Crippen molar-refractivity contribution >= 4 is 17.7 Å². The average molecular weight is 274 g/mol. The zero-order chi connectivity index (χ0) is 13.8. The van der Waals surface area contributed by atoms with E-state index < -0.39 is 0 Å². The van der Waals surface area contributed by atoms with Crippen LogP contribution in [0.3, 0.4) is 0 Å². The number of nitrogens with one attached hydrogen (secondary N) is 2. The predicted octanol–water partition coefficient (Wildman–Crippen LogP) is 2.66. The summed E-state index contributed by atoms with van der Waals surface area (Å²) in [6.07, 6.45) is 6.87. The van der Waals surface area contributed by atoms with E-state index in [0.717, 1.165) is 25.9 Å². The number of thioether (sulfide) groups is 1. The molecule has 1 unspecified atom stereocenters. The minimum Gasteiger partial charge on any atom is -0.355 e. The van der Waals surface area contributed by atoms with E-state index in [4.69, 9.17) is 0 Å². The molecule has 0 aromatic carbocycles. The summed E-state index contributed by atoms with van der Waals surface area (Å²) in [5.74, 6) is 2.01. The summed E-state index contributed by atoms with van der Waals surface area (Å²) < 4.78 is 0. The van der Waals surface area contributed by atoms with E-state index in [1.807, 2.05) is 18.7 Å². The van der Waals surface area contributed by atoms with Gasteiger partial charge in [-0.25, -0.2) is 0 Å². The Labute approximate surface area is 117 Å². The Bertz CT molecular complexity index is 210. The van der Waals surface area contributed by atoms with Gasteiger partial charge in [-0.3, -0.25) is 4.79 Å². The van der Waals surface area contributed by atoms with Gasteiger partial charge in [0.15, 0.2) is 0 Å². The van der Waals surface area contributed by atoms with Gasteiger partial charge in [0, 0.05) is 6.54 Å². The van der Waals surface area contributed by atoms with Crippen molar-refractivity contribution in [3.05, 3.63) is 0 Å². The van der Waals surface area contributed by atoms with Gasteiger partial charge in [-0.15, -0.1) is 0 Å². The zero-order valence-corrected chi connectivity index (χ0v) is 13.2. The van der Waals surface area contributed by atoms with Crippen molar-refractivity contribution in [2.24, 2.45) is 5.92 Å². The molecule has 1 amide bonds. The zero-order valence-electron chi connectivity index (χ0n) is 12.4. The number of unbranched alkanes of at least 4 members (excludes halogenated alkanes) is 2. The average Bonchev–Trinajstić information content (AvgIpc) is 2.32. The number of amides is 1. The van der Waals surface area contributed by atoms with Gasteiger partial charge in [0.1, 0.15) is 0 Å². The van der Waals surface area contributed by atoms with Crippen molar-refractivity contribution < 1.29 is 4.79 Å². The van der Waals surface area contributed by atoms with Crippen LogP contribution in [0.4, 0.5) is 0 Å². The van der Waals surface area contributed by atoms with E-state index in [1.54, 1.807) is 0 Å². The maximum absolute atomic E-state index is 11.7. The molecule has 1 atom stereocenters. The van der Waals surface area contributed by atoms with E-state index in [0.29, 0.717) is 5.92 Å². The van der Waals surface area contributed by atoms with Gasteiger partial charge >= 0.3 is 0 Å². The smallest absolute Gasteiger partial charge is 0.236 e. The summed E-state index contributed by atoms with van der Waals surface area (Å²) in [6.45, 7) is 8.00. The molecule has 18 heavy (non-hydrogen) atoms. The molecule has 0 aromatic rings. The molecule has 0 aliphatic rings. The van der Waals surface area contributed by atoms with Crippen LogP contribution in [0.5, 0.6) is 0 Å². The molecule has 2 N–H and O–H groups in total. The molecule has 0 radical (unpaired) electrons. The highest BCUT2D eigenvalue weighted by atomic mass is 32.2. The van der Waals surface area contributed by atoms with Crippen LogP contribution < -0.4 is 10.6 Å². The maximum atomic E-state index is 11.7. The van der Waals surface area contributed by atoms with Crippen LogP contribution in [-0.4, -0.2) is 37.0 Å². The summed E-state index contributed by atoms with van der Waals surface area (Å²) >= 11 is 1.90. The normalized spacial score (nSPS) is 12.7. The lowest BCUT2D eigenvalue weighted by Crippen LogP contribution is -2.42. The van der Waals surface area contributed by atoms with Gasteiger partial charge in [-0.05, 0) is 50.7 Å². The molecular weight excluding hydrogens is 244 g/mol. The minimum atomic E-state index is -0.0716. The Balaban J connectivity index is 3.44. The topological polar surface area (TPSA) is 41.1 Å². The van der Waals surface area contributed by atoms with E-state index in [2.05, 4.69) is 30.7 Å². The monoisotopic (exact) mass is 274 g/mol. The van der Waals surface area contributed by atoms with Crippen molar-refractivity contribution in [2.75, 3.05) is 25.1 Å². The lowest BCUT2D eigenvalue weighted by Gasteiger charge is -2.14. The van der Waals surface area contributed by atoms with Crippen molar-refractivity contribution in [2.45, 2.75) is 52.5 Å². The van der Waals surface area contributed by atoms with Crippen LogP contribution in [-0.2, 0) is 4.79 Å². The van der Waals surface area contributed by atoms with Crippen molar-refractivity contribution in [3.63, 3.8) is 0 Å². The molecule has 0 aromatic heterocycles. The molecule has 0 heterocycles. The standard InChI is InChI=1S/C14H30N2OS/c1-12(2)8-10-16-14(17)13(3)15-9-6-5-7-11-18-4/h12-13,15H,5-11H2,1-4H3,(H,16,17). The van der Waals surface area contributed by atoms with E-state index >= 15 is 0 Å². The second kappa shape index (κ2) is 11.8. The summed E-state index contributed by atoms with van der Waals surface area (Å²) in [5.41, 5.74) is 0. The van der Waals surface area contributed by atoms with Crippen LogP contribution in [0.25, 0.3) is 0 Å². The second-order valence-corrected chi connectivity index (χ2v) is 6.19. The van der Waals surface area contributed by atoms with Gasteiger partial charge < -0.3 is 10.6 Å². The molecule has 108 valence electrons. The quantitative estimate of drug-likeness (QED) is 0.569. The first-order valence-electron chi connectivity index (χ1n) is 7.08. The van der Waals surface area contributed by atoms with Crippen LogP contribution in [0.15, 0.2) is 0 Å². The highest BCUT2D eigenvalue weighted by Crippen LogP contribution is 2.01. The third kappa shape index (κ3) is 10.9. The Hall–Kier alpha value is -0.220. The molecule has 0 aliphatic heterocycles. The number of carbonyl (C=O) groups is 1. The van der Waals surface area contributed by atoms with E-state index in [-0.39, 0.29) is 11.9 Å². The summed E-state index contributed by atoms with van der Waals surface area (Å²) in [7, 11) is 0. The molecule has 0 saturated heterocycles. The highest BCUT2D eigenvalue weighted by molar-refractivity contribution is 7.98. The van der Waals surface area contributed by atoms with Gasteiger partial charge in [-0.1, -0.05) is 20.3 Å². The molecule has 4 heteroatoms. The highest BCUT2D eigenvalue weighted by Gasteiger charge is 2.10. The summed E-state index contributed by atoms with van der Waals surface area (Å²) in [4.78, 5) is 11.7. The van der Waals surface area contributed by atoms with E-state index in [1.165, 1.54) is 18.6 Å². The fourth-order valence-electron chi connectivity index (χ4n) is 1.60. The molecule has 0 rings (SSSR count). The van der Waals surface area contributed by atoms with Gasteiger partial charge in [-0.2, -0.15) is 11.8 Å². The van der Waals surface area contributed by atoms with Crippen molar-refractivity contribution in [3.8, 4) is 0 Å². The molecule has 0 aliphatic carbocycles. The number of rotatable bonds is 11. The summed E-state index contributed by atoms with van der Waals surface area (Å²) in [5, 5.41) is 6.25. The summed E-state index contributed by atoms with van der Waals surface area (Å²) in [6, 6.07) is -0.0716. The SMILES string of the molecule is CSCCCCCNC(C)C(=O)NCCC(C)C. The van der Waals surface area contributed by atoms with Gasteiger partial charge in [0.05, 0.1) is 6.04 Å². The first kappa shape index (κ1) is 17.8. The molecule has 0 bridgehead atoms. The van der Waals surface area contributed by atoms with Crippen LogP contribution >= 0.6 is 11.8 Å². The first-order valence-corrected chi connectivity index (χ1v) is 8.47. The lowest BCUT2D eigenvalue weighted by molar-refractivity contribution is -0.122. The van der Waals surface area contributed by atoms with Gasteiger partial charge in [0.2, 0.25) is 5.91 Å². The van der Waals surface area contributed by atoms with Crippen molar-refractivity contribution in [1.29, 1.82) is 0 Å². The molecule has 0 spiro atoms. The Morgan fingerprint density at radius 3 is 2.44 bits per heavy atom. The molecule has 3 nitrogen and oxygen atoms in total.